The van der Waals surface area contributed by atoms with Crippen LogP contribution in [-0.2, 0) is 23.4 Å². The first-order valence-corrected chi connectivity index (χ1v) is 13.1. The molecule has 198 valence electrons. The Hall–Kier alpha value is -2.41. The molecule has 1 aromatic heterocycles. The minimum absolute atomic E-state index is 0.145. The first kappa shape index (κ1) is 28.2. The predicted molar refractivity (Wildman–Crippen MR) is 130 cm³/mol. The molecule has 1 saturated heterocycles. The fourth-order valence-corrected chi connectivity index (χ4v) is 5.14. The van der Waals surface area contributed by atoms with Gasteiger partial charge in [-0.05, 0) is 45.9 Å². The van der Waals surface area contributed by atoms with Crippen molar-refractivity contribution in [1.82, 2.24) is 14.6 Å². The Labute approximate surface area is 212 Å². The van der Waals surface area contributed by atoms with Gasteiger partial charge in [0.05, 0.1) is 12.7 Å². The van der Waals surface area contributed by atoms with E-state index in [1.54, 1.807) is 32.0 Å². The molecular formula is C22H29FN3O8PS. The monoisotopic (exact) mass is 545 g/mol. The Kier molecular flexibility index (Phi) is 8.86. The maximum atomic E-state index is 15.0. The minimum atomic E-state index is -4.30. The standard InChI is InChI=1S/C22H29FN3O8PS/c1-13(2)32-20(28)14(3)25-35(30,34-15-8-6-5-7-9-15)31-12-22(4)18(27)17(23)19(33-22)26-11-10-16(36)24-21(26)29/h5-11,13-14,17-19,27H,12H2,1-4H3,(H,25,30)(H,24,29,36)/t14-,17-,18+,19+,22+,35?/m0/s1. The van der Waals surface area contributed by atoms with E-state index in [0.29, 0.717) is 0 Å². The zero-order chi connectivity index (χ0) is 26.7. The van der Waals surface area contributed by atoms with Crippen molar-refractivity contribution in [1.29, 1.82) is 0 Å². The summed E-state index contributed by atoms with van der Waals surface area (Å²) in [6, 6.07) is 8.32. The van der Waals surface area contributed by atoms with Crippen LogP contribution in [0.25, 0.3) is 0 Å². The van der Waals surface area contributed by atoms with Gasteiger partial charge in [-0.2, -0.15) is 5.09 Å². The number of esters is 1. The number of aromatic nitrogens is 2. The molecule has 1 aliphatic rings. The number of benzene rings is 1. The van der Waals surface area contributed by atoms with Crippen molar-refractivity contribution < 1.29 is 37.4 Å². The van der Waals surface area contributed by atoms with Gasteiger partial charge in [-0.3, -0.25) is 18.9 Å². The molecule has 36 heavy (non-hydrogen) atoms. The van der Waals surface area contributed by atoms with E-state index < -0.39 is 62.3 Å². The number of alkyl halides is 1. The Morgan fingerprint density at radius 3 is 2.61 bits per heavy atom. The number of H-pyrrole nitrogens is 1. The summed E-state index contributed by atoms with van der Waals surface area (Å²) in [6.07, 6.45) is -4.46. The number of carbonyl (C=O) groups is 1. The van der Waals surface area contributed by atoms with Gasteiger partial charge in [0.1, 0.15) is 28.1 Å². The van der Waals surface area contributed by atoms with Crippen molar-refractivity contribution in [2.45, 2.75) is 63.9 Å². The molecule has 1 unspecified atom stereocenters. The summed E-state index contributed by atoms with van der Waals surface area (Å²) >= 11 is 4.89. The van der Waals surface area contributed by atoms with E-state index in [1.807, 2.05) is 0 Å². The normalized spacial score (nSPS) is 26.4. The van der Waals surface area contributed by atoms with Crippen LogP contribution in [0.4, 0.5) is 4.39 Å². The quantitative estimate of drug-likeness (QED) is 0.232. The summed E-state index contributed by atoms with van der Waals surface area (Å²) in [7, 11) is -4.30. The third-order valence-electron chi connectivity index (χ3n) is 5.26. The lowest BCUT2D eigenvalue weighted by molar-refractivity contribution is -0.149. The third-order valence-corrected chi connectivity index (χ3v) is 7.12. The molecule has 2 aromatic rings. The Morgan fingerprint density at radius 2 is 2.00 bits per heavy atom. The van der Waals surface area contributed by atoms with Gasteiger partial charge in [0.15, 0.2) is 12.4 Å². The number of nitrogens with one attached hydrogen (secondary N) is 2. The maximum absolute atomic E-state index is 15.0. The van der Waals surface area contributed by atoms with Crippen LogP contribution >= 0.6 is 20.0 Å². The van der Waals surface area contributed by atoms with Crippen molar-refractivity contribution in [2.75, 3.05) is 6.61 Å². The lowest BCUT2D eigenvalue weighted by Gasteiger charge is -2.30. The summed E-state index contributed by atoms with van der Waals surface area (Å²) in [5.74, 6) is -0.526. The molecule has 3 N–H and O–H groups in total. The van der Waals surface area contributed by atoms with Crippen LogP contribution in [0.5, 0.6) is 5.75 Å². The Balaban J connectivity index is 1.81. The molecule has 6 atom stereocenters. The molecule has 3 rings (SSSR count). The van der Waals surface area contributed by atoms with Gasteiger partial charge in [-0.25, -0.2) is 13.8 Å². The van der Waals surface area contributed by atoms with Crippen molar-refractivity contribution in [3.05, 3.63) is 57.7 Å². The Bertz CT molecular complexity index is 1230. The van der Waals surface area contributed by atoms with Gasteiger partial charge in [0.25, 0.3) is 0 Å². The first-order valence-electron chi connectivity index (χ1n) is 11.1. The third kappa shape index (κ3) is 6.67. The summed E-state index contributed by atoms with van der Waals surface area (Å²) in [6.45, 7) is 5.46. The molecule has 0 spiro atoms. The number of carbonyl (C=O) groups excluding carboxylic acids is 1. The van der Waals surface area contributed by atoms with Gasteiger partial charge in [0.2, 0.25) is 0 Å². The van der Waals surface area contributed by atoms with Crippen LogP contribution in [0.1, 0.15) is 33.9 Å². The van der Waals surface area contributed by atoms with E-state index in [-0.39, 0.29) is 10.4 Å². The van der Waals surface area contributed by atoms with Crippen LogP contribution in [0.15, 0.2) is 47.4 Å². The zero-order valence-corrected chi connectivity index (χ0v) is 21.8. The van der Waals surface area contributed by atoms with Crippen molar-refractivity contribution in [3.8, 4) is 5.75 Å². The smallest absolute Gasteiger partial charge is 0.459 e. The number of aliphatic hydroxyl groups is 1. The highest BCUT2D eigenvalue weighted by Gasteiger charge is 2.54. The average molecular weight is 546 g/mol. The second-order valence-corrected chi connectivity index (χ2v) is 10.9. The largest absolute Gasteiger partial charge is 0.462 e. The van der Waals surface area contributed by atoms with E-state index in [9.17, 15) is 19.3 Å². The van der Waals surface area contributed by atoms with Crippen LogP contribution in [-0.4, -0.2) is 57.3 Å². The van der Waals surface area contributed by atoms with Gasteiger partial charge in [-0.1, -0.05) is 30.4 Å². The van der Waals surface area contributed by atoms with Gasteiger partial charge in [-0.15, -0.1) is 0 Å². The first-order chi connectivity index (χ1) is 16.8. The number of hydrogen-bond acceptors (Lipinski definition) is 9. The zero-order valence-electron chi connectivity index (χ0n) is 20.1. The van der Waals surface area contributed by atoms with Crippen molar-refractivity contribution >= 4 is 25.9 Å². The lowest BCUT2D eigenvalue weighted by atomic mass is 9.99. The Morgan fingerprint density at radius 1 is 1.33 bits per heavy atom. The van der Waals surface area contributed by atoms with E-state index in [4.69, 9.17) is 30.7 Å². The lowest BCUT2D eigenvalue weighted by Crippen LogP contribution is -2.44. The van der Waals surface area contributed by atoms with Crippen LogP contribution in [0.3, 0.4) is 0 Å². The van der Waals surface area contributed by atoms with E-state index >= 15 is 4.39 Å². The number of hydrogen-bond donors (Lipinski definition) is 3. The summed E-state index contributed by atoms with van der Waals surface area (Å²) in [4.78, 5) is 26.9. The van der Waals surface area contributed by atoms with Gasteiger partial charge in [0, 0.05) is 6.20 Å². The number of halogens is 1. The molecule has 11 nitrogen and oxygen atoms in total. The summed E-state index contributed by atoms with van der Waals surface area (Å²) < 4.78 is 51.7. The number of para-hydroxylation sites is 1. The van der Waals surface area contributed by atoms with E-state index in [0.717, 1.165) is 4.57 Å². The van der Waals surface area contributed by atoms with E-state index in [2.05, 4.69) is 10.1 Å². The molecule has 0 aliphatic carbocycles. The highest BCUT2D eigenvalue weighted by molar-refractivity contribution is 7.71. The average Bonchev–Trinajstić information content (AvgIpc) is 3.02. The maximum Gasteiger partial charge on any atom is 0.459 e. The van der Waals surface area contributed by atoms with Gasteiger partial charge >= 0.3 is 19.4 Å². The van der Waals surface area contributed by atoms with Crippen LogP contribution in [0, 0.1) is 4.64 Å². The number of aromatic amines is 1. The molecule has 0 saturated carbocycles. The molecule has 1 fully saturated rings. The van der Waals surface area contributed by atoms with Crippen molar-refractivity contribution in [2.24, 2.45) is 0 Å². The van der Waals surface area contributed by atoms with E-state index in [1.165, 1.54) is 38.2 Å². The van der Waals surface area contributed by atoms with Crippen molar-refractivity contribution in [3.63, 3.8) is 0 Å². The fraction of sp³-hybridized carbons (Fsp3) is 0.500. The molecule has 1 aromatic carbocycles. The molecule has 2 heterocycles. The topological polar surface area (TPSA) is 141 Å². The minimum Gasteiger partial charge on any atom is -0.462 e. The summed E-state index contributed by atoms with van der Waals surface area (Å²) in [5.41, 5.74) is -2.47. The highest BCUT2D eigenvalue weighted by Crippen LogP contribution is 2.48. The number of ether oxygens (including phenoxy) is 2. The van der Waals surface area contributed by atoms with Crippen LogP contribution in [0.2, 0.25) is 0 Å². The molecule has 0 radical (unpaired) electrons. The molecule has 14 heteroatoms. The molecule has 0 amide bonds. The number of nitrogens with zero attached hydrogens (tertiary/aromatic N) is 1. The number of rotatable bonds is 10. The SMILES string of the molecule is CC(C)OC(=O)[C@H](C)NP(=O)(OC[C@@]1(C)O[C@@H](n2ccc(=S)[nH]c2=O)[C@@H](F)[C@H]1O)Oc1ccccc1. The second-order valence-electron chi connectivity index (χ2n) is 8.74. The molecule has 0 bridgehead atoms. The summed E-state index contributed by atoms with van der Waals surface area (Å²) in [5, 5.41) is 13.1. The van der Waals surface area contributed by atoms with Crippen LogP contribution < -0.4 is 15.3 Å². The molecule has 1 aliphatic heterocycles. The predicted octanol–water partition coefficient (Wildman–Crippen LogP) is 3.03. The highest BCUT2D eigenvalue weighted by atomic mass is 32.1. The fourth-order valence-electron chi connectivity index (χ4n) is 3.41. The molecular weight excluding hydrogens is 516 g/mol. The number of aliphatic hydroxyl groups excluding tert-OH is 1. The second kappa shape index (κ2) is 11.3. The van der Waals surface area contributed by atoms with Gasteiger partial charge < -0.3 is 19.1 Å².